The smallest absolute Gasteiger partial charge is 0.325 e. The maximum Gasteiger partial charge on any atom is 0.325 e. The lowest BCUT2D eigenvalue weighted by atomic mass is 10.3. The van der Waals surface area contributed by atoms with Crippen molar-refractivity contribution in [2.45, 2.75) is 26.8 Å². The zero-order chi connectivity index (χ0) is 15.8. The molecule has 0 saturated heterocycles. The topological polar surface area (TPSA) is 81.9 Å². The molecule has 0 aliphatic rings. The van der Waals surface area contributed by atoms with Crippen LogP contribution in [0.1, 0.15) is 20.8 Å². The van der Waals surface area contributed by atoms with E-state index < -0.39 is 5.97 Å². The molecule has 0 bridgehead atoms. The van der Waals surface area contributed by atoms with Crippen molar-refractivity contribution in [2.24, 2.45) is 0 Å². The van der Waals surface area contributed by atoms with Gasteiger partial charge >= 0.3 is 5.97 Å². The Balaban J connectivity index is 2.56. The molecule has 1 amide bonds. The Morgan fingerprint density at radius 2 is 1.86 bits per heavy atom. The van der Waals surface area contributed by atoms with Gasteiger partial charge in [-0.25, -0.2) is 0 Å². The van der Waals surface area contributed by atoms with Gasteiger partial charge in [0.05, 0.1) is 6.61 Å². The molecule has 21 heavy (non-hydrogen) atoms. The van der Waals surface area contributed by atoms with Gasteiger partial charge in [0, 0.05) is 11.7 Å². The van der Waals surface area contributed by atoms with Crippen LogP contribution in [-0.4, -0.2) is 42.6 Å². The molecule has 0 atom stereocenters. The number of nitrogens with two attached hydrogens (primary N) is 1. The van der Waals surface area contributed by atoms with E-state index in [1.807, 2.05) is 13.8 Å². The fraction of sp³-hybridized carbons (Fsp3) is 0.467. The second-order valence-electron chi connectivity index (χ2n) is 4.78. The van der Waals surface area contributed by atoms with Gasteiger partial charge < -0.3 is 20.1 Å². The number of nitrogens with zero attached hydrogens (tertiary/aromatic N) is 1. The van der Waals surface area contributed by atoms with Crippen LogP contribution < -0.4 is 10.5 Å². The third kappa shape index (κ3) is 5.72. The average molecular weight is 294 g/mol. The number of benzene rings is 1. The number of carbonyl (C=O) groups is 2. The highest BCUT2D eigenvalue weighted by atomic mass is 16.5. The molecule has 0 aliphatic carbocycles. The lowest BCUT2D eigenvalue weighted by Crippen LogP contribution is -2.43. The predicted octanol–water partition coefficient (Wildman–Crippen LogP) is 1.45. The van der Waals surface area contributed by atoms with Crippen LogP contribution in [0.3, 0.4) is 0 Å². The van der Waals surface area contributed by atoms with Gasteiger partial charge in [-0.3, -0.25) is 9.59 Å². The van der Waals surface area contributed by atoms with Crippen LogP contribution >= 0.6 is 0 Å². The summed E-state index contributed by atoms with van der Waals surface area (Å²) in [4.78, 5) is 25.1. The van der Waals surface area contributed by atoms with Crippen LogP contribution in [-0.2, 0) is 14.3 Å². The quantitative estimate of drug-likeness (QED) is 0.608. The molecule has 6 nitrogen and oxygen atoms in total. The zero-order valence-corrected chi connectivity index (χ0v) is 12.7. The molecule has 1 aromatic carbocycles. The second-order valence-corrected chi connectivity index (χ2v) is 4.78. The summed E-state index contributed by atoms with van der Waals surface area (Å²) in [7, 11) is 0. The number of ether oxygens (including phenoxy) is 2. The largest absolute Gasteiger partial charge is 0.484 e. The summed E-state index contributed by atoms with van der Waals surface area (Å²) in [5, 5.41) is 0. The predicted molar refractivity (Wildman–Crippen MR) is 79.8 cm³/mol. The highest BCUT2D eigenvalue weighted by Crippen LogP contribution is 2.13. The number of nitrogen functional groups attached to an aromatic ring is 1. The maximum atomic E-state index is 12.1. The first kappa shape index (κ1) is 16.8. The molecule has 6 heteroatoms. The highest BCUT2D eigenvalue weighted by Gasteiger charge is 2.21. The van der Waals surface area contributed by atoms with Crippen LogP contribution in [0.25, 0.3) is 0 Å². The SMILES string of the molecule is CCOC(=O)CN(C(=O)COc1ccc(N)cc1)C(C)C. The Bertz CT molecular complexity index is 471. The summed E-state index contributed by atoms with van der Waals surface area (Å²) < 4.78 is 10.3. The third-order valence-corrected chi connectivity index (χ3v) is 2.79. The number of anilines is 1. The summed E-state index contributed by atoms with van der Waals surface area (Å²) >= 11 is 0. The van der Waals surface area contributed by atoms with Crippen molar-refractivity contribution < 1.29 is 19.1 Å². The zero-order valence-electron chi connectivity index (χ0n) is 12.7. The van der Waals surface area contributed by atoms with E-state index in [1.54, 1.807) is 31.2 Å². The Kier molecular flexibility index (Phi) is 6.52. The lowest BCUT2D eigenvalue weighted by molar-refractivity contribution is -0.150. The van der Waals surface area contributed by atoms with Crippen molar-refractivity contribution in [3.05, 3.63) is 24.3 Å². The number of hydrogen-bond donors (Lipinski definition) is 1. The Morgan fingerprint density at radius 1 is 1.24 bits per heavy atom. The summed E-state index contributed by atoms with van der Waals surface area (Å²) in [6, 6.07) is 6.65. The first-order chi connectivity index (χ1) is 9.93. The average Bonchev–Trinajstić information content (AvgIpc) is 2.44. The monoisotopic (exact) mass is 294 g/mol. The van der Waals surface area contributed by atoms with Crippen molar-refractivity contribution in [1.29, 1.82) is 0 Å². The minimum Gasteiger partial charge on any atom is -0.484 e. The van der Waals surface area contributed by atoms with Gasteiger partial charge in [-0.1, -0.05) is 0 Å². The van der Waals surface area contributed by atoms with E-state index in [1.165, 1.54) is 4.90 Å². The molecule has 0 fully saturated rings. The summed E-state index contributed by atoms with van der Waals surface area (Å²) in [5.41, 5.74) is 6.20. The number of rotatable bonds is 7. The minimum atomic E-state index is -0.424. The molecule has 0 saturated carbocycles. The Hall–Kier alpha value is -2.24. The van der Waals surface area contributed by atoms with Gasteiger partial charge in [-0.05, 0) is 45.0 Å². The summed E-state index contributed by atoms with van der Waals surface area (Å²) in [5.74, 6) is -0.140. The normalized spacial score (nSPS) is 10.3. The van der Waals surface area contributed by atoms with Gasteiger partial charge in [-0.2, -0.15) is 0 Å². The third-order valence-electron chi connectivity index (χ3n) is 2.79. The molecule has 0 aromatic heterocycles. The number of amides is 1. The summed E-state index contributed by atoms with van der Waals surface area (Å²) in [6.07, 6.45) is 0. The Morgan fingerprint density at radius 3 is 2.38 bits per heavy atom. The van der Waals surface area contributed by atoms with Crippen LogP contribution in [0.4, 0.5) is 5.69 Å². The van der Waals surface area contributed by atoms with Crippen molar-refractivity contribution in [3.8, 4) is 5.75 Å². The van der Waals surface area contributed by atoms with E-state index in [-0.39, 0.29) is 25.1 Å². The standard InChI is InChI=1S/C15H22N2O4/c1-4-20-15(19)9-17(11(2)3)14(18)10-21-13-7-5-12(16)6-8-13/h5-8,11H,4,9-10,16H2,1-3H3. The molecule has 0 spiro atoms. The molecule has 0 unspecified atom stereocenters. The minimum absolute atomic E-state index is 0.0740. The van der Waals surface area contributed by atoms with Crippen LogP contribution in [0.15, 0.2) is 24.3 Å². The maximum absolute atomic E-state index is 12.1. The summed E-state index contributed by atoms with van der Waals surface area (Å²) in [6.45, 7) is 5.47. The molecular formula is C15H22N2O4. The fourth-order valence-electron chi connectivity index (χ4n) is 1.70. The molecule has 0 radical (unpaired) electrons. The second kappa shape index (κ2) is 8.14. The van der Waals surface area contributed by atoms with E-state index in [9.17, 15) is 9.59 Å². The fourth-order valence-corrected chi connectivity index (χ4v) is 1.70. The van der Waals surface area contributed by atoms with Crippen LogP contribution in [0.5, 0.6) is 5.75 Å². The molecule has 2 N–H and O–H groups in total. The first-order valence-corrected chi connectivity index (χ1v) is 6.87. The lowest BCUT2D eigenvalue weighted by Gasteiger charge is -2.25. The van der Waals surface area contributed by atoms with Crippen LogP contribution in [0, 0.1) is 0 Å². The van der Waals surface area contributed by atoms with Crippen molar-refractivity contribution in [3.63, 3.8) is 0 Å². The van der Waals surface area contributed by atoms with Gasteiger partial charge in [0.25, 0.3) is 5.91 Å². The molecule has 116 valence electrons. The van der Waals surface area contributed by atoms with E-state index in [0.29, 0.717) is 18.0 Å². The van der Waals surface area contributed by atoms with Gasteiger partial charge in [0.1, 0.15) is 12.3 Å². The van der Waals surface area contributed by atoms with Gasteiger partial charge in [-0.15, -0.1) is 0 Å². The van der Waals surface area contributed by atoms with E-state index in [2.05, 4.69) is 0 Å². The molecule has 1 aromatic rings. The van der Waals surface area contributed by atoms with Crippen molar-refractivity contribution >= 4 is 17.6 Å². The highest BCUT2D eigenvalue weighted by molar-refractivity contribution is 5.83. The Labute approximate surface area is 124 Å². The van der Waals surface area contributed by atoms with E-state index in [4.69, 9.17) is 15.2 Å². The molecule has 1 rings (SSSR count). The molecule has 0 heterocycles. The molecular weight excluding hydrogens is 272 g/mol. The van der Waals surface area contributed by atoms with Crippen molar-refractivity contribution in [1.82, 2.24) is 4.90 Å². The van der Waals surface area contributed by atoms with Crippen LogP contribution in [0.2, 0.25) is 0 Å². The number of carbonyl (C=O) groups excluding carboxylic acids is 2. The first-order valence-electron chi connectivity index (χ1n) is 6.87. The van der Waals surface area contributed by atoms with Gasteiger partial charge in [0.2, 0.25) is 0 Å². The van der Waals surface area contributed by atoms with E-state index in [0.717, 1.165) is 0 Å². The van der Waals surface area contributed by atoms with E-state index >= 15 is 0 Å². The van der Waals surface area contributed by atoms with Gasteiger partial charge in [0.15, 0.2) is 6.61 Å². The molecule has 0 aliphatic heterocycles. The van der Waals surface area contributed by atoms with Crippen molar-refractivity contribution in [2.75, 3.05) is 25.5 Å². The number of esters is 1. The number of hydrogen-bond acceptors (Lipinski definition) is 5.